The molecular formula is C11H21NO. The zero-order valence-electron chi connectivity index (χ0n) is 8.88. The van der Waals surface area contributed by atoms with Gasteiger partial charge in [-0.1, -0.05) is 19.8 Å². The average Bonchev–Trinajstić information content (AvgIpc) is 2.43. The van der Waals surface area contributed by atoms with Crippen LogP contribution in [0.3, 0.4) is 0 Å². The number of hydrogen-bond donors (Lipinski definition) is 0. The Morgan fingerprint density at radius 3 is 2.23 bits per heavy atom. The van der Waals surface area contributed by atoms with Crippen LogP contribution in [-0.2, 0) is 4.79 Å². The highest BCUT2D eigenvalue weighted by Crippen LogP contribution is 2.13. The molecule has 13 heavy (non-hydrogen) atoms. The number of likely N-dealkylation sites (tertiary alicyclic amines) is 1. The van der Waals surface area contributed by atoms with Gasteiger partial charge in [0.25, 0.3) is 0 Å². The van der Waals surface area contributed by atoms with E-state index in [1.54, 1.807) is 0 Å². The first kappa shape index (κ1) is 10.7. The lowest BCUT2D eigenvalue weighted by atomic mass is 10.1. The molecule has 2 heteroatoms. The fourth-order valence-electron chi connectivity index (χ4n) is 1.98. The number of ketones is 1. The van der Waals surface area contributed by atoms with Crippen LogP contribution in [0.15, 0.2) is 0 Å². The summed E-state index contributed by atoms with van der Waals surface area (Å²) in [6.45, 7) is 6.24. The van der Waals surface area contributed by atoms with E-state index in [1.807, 2.05) is 6.92 Å². The minimum atomic E-state index is 0.156. The van der Waals surface area contributed by atoms with Gasteiger partial charge in [-0.05, 0) is 32.9 Å². The molecule has 76 valence electrons. The highest BCUT2D eigenvalue weighted by atomic mass is 16.1. The number of nitrogens with zero attached hydrogens (tertiary/aromatic N) is 1. The molecule has 1 saturated heterocycles. The van der Waals surface area contributed by atoms with E-state index in [4.69, 9.17) is 0 Å². The third-order valence-corrected chi connectivity index (χ3v) is 3.00. The van der Waals surface area contributed by atoms with Gasteiger partial charge in [0.2, 0.25) is 0 Å². The Morgan fingerprint density at radius 2 is 1.77 bits per heavy atom. The van der Waals surface area contributed by atoms with E-state index in [-0.39, 0.29) is 6.04 Å². The molecule has 0 amide bonds. The van der Waals surface area contributed by atoms with E-state index in [9.17, 15) is 4.79 Å². The molecule has 1 rings (SSSR count). The molecule has 2 nitrogen and oxygen atoms in total. The topological polar surface area (TPSA) is 20.3 Å². The maximum Gasteiger partial charge on any atom is 0.149 e. The van der Waals surface area contributed by atoms with Crippen molar-refractivity contribution >= 4 is 5.78 Å². The van der Waals surface area contributed by atoms with Gasteiger partial charge in [0, 0.05) is 6.42 Å². The van der Waals surface area contributed by atoms with Crippen LogP contribution in [0, 0.1) is 0 Å². The number of carbonyl (C=O) groups is 1. The lowest BCUT2D eigenvalue weighted by molar-refractivity contribution is -0.123. The lowest BCUT2D eigenvalue weighted by Gasteiger charge is -2.25. The molecule has 0 spiro atoms. The van der Waals surface area contributed by atoms with Crippen LogP contribution in [-0.4, -0.2) is 29.8 Å². The Bertz CT molecular complexity index is 159. The van der Waals surface area contributed by atoms with Gasteiger partial charge in [0.1, 0.15) is 5.78 Å². The summed E-state index contributed by atoms with van der Waals surface area (Å²) in [7, 11) is 0. The highest BCUT2D eigenvalue weighted by molar-refractivity contribution is 5.83. The standard InChI is InChI=1S/C11H21NO/c1-3-11(13)10(2)12-8-6-4-5-7-9-12/h10H,3-9H2,1-2H3/t10-/m0/s1. The Kier molecular flexibility index (Phi) is 4.43. The fraction of sp³-hybridized carbons (Fsp3) is 0.909. The first-order chi connectivity index (χ1) is 6.25. The van der Waals surface area contributed by atoms with Gasteiger partial charge in [0.15, 0.2) is 0 Å². The quantitative estimate of drug-likeness (QED) is 0.668. The van der Waals surface area contributed by atoms with Crippen LogP contribution in [0.4, 0.5) is 0 Å². The molecule has 0 saturated carbocycles. The second-order valence-electron chi connectivity index (χ2n) is 3.95. The van der Waals surface area contributed by atoms with Gasteiger partial charge in [-0.15, -0.1) is 0 Å². The third-order valence-electron chi connectivity index (χ3n) is 3.00. The van der Waals surface area contributed by atoms with E-state index in [0.717, 1.165) is 13.1 Å². The zero-order chi connectivity index (χ0) is 9.68. The minimum Gasteiger partial charge on any atom is -0.298 e. The molecule has 1 aliphatic rings. The fourth-order valence-corrected chi connectivity index (χ4v) is 1.98. The largest absolute Gasteiger partial charge is 0.298 e. The van der Waals surface area contributed by atoms with Crippen LogP contribution in [0.1, 0.15) is 46.0 Å². The number of Topliss-reactive ketones (excluding diaryl/α,β-unsaturated/α-hetero) is 1. The summed E-state index contributed by atoms with van der Waals surface area (Å²) in [5, 5.41) is 0. The Hall–Kier alpha value is -0.370. The van der Waals surface area contributed by atoms with Gasteiger partial charge in [-0.25, -0.2) is 0 Å². The van der Waals surface area contributed by atoms with Gasteiger partial charge >= 0.3 is 0 Å². The predicted molar refractivity (Wildman–Crippen MR) is 54.8 cm³/mol. The molecule has 1 atom stereocenters. The first-order valence-electron chi connectivity index (χ1n) is 5.52. The third kappa shape index (κ3) is 3.11. The maximum atomic E-state index is 11.5. The second-order valence-corrected chi connectivity index (χ2v) is 3.95. The van der Waals surface area contributed by atoms with Gasteiger partial charge < -0.3 is 0 Å². The Morgan fingerprint density at radius 1 is 1.23 bits per heavy atom. The summed E-state index contributed by atoms with van der Waals surface area (Å²) < 4.78 is 0. The van der Waals surface area contributed by atoms with Gasteiger partial charge in [-0.3, -0.25) is 9.69 Å². The minimum absolute atomic E-state index is 0.156. The molecule has 0 bridgehead atoms. The van der Waals surface area contributed by atoms with Crippen molar-refractivity contribution in [2.24, 2.45) is 0 Å². The number of hydrogen-bond acceptors (Lipinski definition) is 2. The molecule has 0 aliphatic carbocycles. The van der Waals surface area contributed by atoms with E-state index in [1.165, 1.54) is 25.7 Å². The molecule has 0 radical (unpaired) electrons. The molecule has 0 aromatic carbocycles. The summed E-state index contributed by atoms with van der Waals surface area (Å²) in [4.78, 5) is 13.8. The summed E-state index contributed by atoms with van der Waals surface area (Å²) in [5.41, 5.74) is 0. The van der Waals surface area contributed by atoms with Crippen molar-refractivity contribution < 1.29 is 4.79 Å². The van der Waals surface area contributed by atoms with E-state index < -0.39 is 0 Å². The Balaban J connectivity index is 2.43. The van der Waals surface area contributed by atoms with Gasteiger partial charge in [0.05, 0.1) is 6.04 Å². The normalized spacial score (nSPS) is 22.3. The monoisotopic (exact) mass is 183 g/mol. The molecule has 1 fully saturated rings. The highest BCUT2D eigenvalue weighted by Gasteiger charge is 2.20. The average molecular weight is 183 g/mol. The van der Waals surface area contributed by atoms with Crippen molar-refractivity contribution in [1.82, 2.24) is 4.90 Å². The van der Waals surface area contributed by atoms with Crippen LogP contribution in [0.25, 0.3) is 0 Å². The van der Waals surface area contributed by atoms with Crippen LogP contribution < -0.4 is 0 Å². The summed E-state index contributed by atoms with van der Waals surface area (Å²) >= 11 is 0. The number of rotatable bonds is 3. The zero-order valence-corrected chi connectivity index (χ0v) is 8.88. The summed E-state index contributed by atoms with van der Waals surface area (Å²) in [6.07, 6.45) is 5.88. The van der Waals surface area contributed by atoms with E-state index >= 15 is 0 Å². The summed E-state index contributed by atoms with van der Waals surface area (Å²) in [5.74, 6) is 0.391. The van der Waals surface area contributed by atoms with Crippen LogP contribution in [0.5, 0.6) is 0 Å². The van der Waals surface area contributed by atoms with Crippen molar-refractivity contribution in [2.75, 3.05) is 13.1 Å². The summed E-state index contributed by atoms with van der Waals surface area (Å²) in [6, 6.07) is 0.156. The molecule has 0 unspecified atom stereocenters. The molecule has 0 aromatic heterocycles. The first-order valence-corrected chi connectivity index (χ1v) is 5.52. The molecule has 0 aromatic rings. The molecular weight excluding hydrogens is 162 g/mol. The smallest absolute Gasteiger partial charge is 0.149 e. The van der Waals surface area contributed by atoms with E-state index in [0.29, 0.717) is 12.2 Å². The predicted octanol–water partition coefficient (Wildman–Crippen LogP) is 2.23. The lowest BCUT2D eigenvalue weighted by Crippen LogP contribution is -2.39. The molecule has 0 N–H and O–H groups in total. The molecule has 1 heterocycles. The van der Waals surface area contributed by atoms with Crippen molar-refractivity contribution in [3.63, 3.8) is 0 Å². The maximum absolute atomic E-state index is 11.5. The van der Waals surface area contributed by atoms with E-state index in [2.05, 4.69) is 11.8 Å². The van der Waals surface area contributed by atoms with Crippen molar-refractivity contribution in [2.45, 2.75) is 52.0 Å². The van der Waals surface area contributed by atoms with Crippen LogP contribution >= 0.6 is 0 Å². The van der Waals surface area contributed by atoms with Crippen molar-refractivity contribution in [3.05, 3.63) is 0 Å². The van der Waals surface area contributed by atoms with Crippen molar-refractivity contribution in [3.8, 4) is 0 Å². The Labute approximate surface area is 81.3 Å². The van der Waals surface area contributed by atoms with Gasteiger partial charge in [-0.2, -0.15) is 0 Å². The SMILES string of the molecule is CCC(=O)[C@H](C)N1CCCCCC1. The van der Waals surface area contributed by atoms with Crippen molar-refractivity contribution in [1.29, 1.82) is 0 Å². The number of carbonyl (C=O) groups excluding carboxylic acids is 1. The second kappa shape index (κ2) is 5.38. The molecule has 1 aliphatic heterocycles. The van der Waals surface area contributed by atoms with Crippen LogP contribution in [0.2, 0.25) is 0 Å².